The molecule has 0 aromatic carbocycles. The molecule has 0 saturated heterocycles. The number of aliphatic carboxylic acids is 1. The van der Waals surface area contributed by atoms with Crippen molar-refractivity contribution in [1.82, 2.24) is 5.32 Å². The van der Waals surface area contributed by atoms with E-state index in [4.69, 9.17) is 5.11 Å². The molecule has 0 rings (SSSR count). The van der Waals surface area contributed by atoms with Crippen molar-refractivity contribution >= 4 is 12.4 Å². The first-order valence-corrected chi connectivity index (χ1v) is 3.97. The van der Waals surface area contributed by atoms with E-state index in [1.165, 1.54) is 0 Å². The first kappa shape index (κ1) is 10.9. The number of hydrogen-bond acceptors (Lipinski definition) is 2. The average Bonchev–Trinajstić information content (AvgIpc) is 1.85. The van der Waals surface area contributed by atoms with Gasteiger partial charge in [-0.2, -0.15) is 0 Å². The SMILES string of the molecule is CCCC(C)(CC(=O)O)NC=O. The molecule has 0 aliphatic rings. The van der Waals surface area contributed by atoms with Crippen LogP contribution < -0.4 is 5.32 Å². The molecule has 1 amide bonds. The van der Waals surface area contributed by atoms with Crippen LogP contribution in [0.5, 0.6) is 0 Å². The number of carboxylic acids is 1. The lowest BCUT2D eigenvalue weighted by atomic mass is 9.92. The van der Waals surface area contributed by atoms with Crippen LogP contribution in [0.2, 0.25) is 0 Å². The predicted molar refractivity (Wildman–Crippen MR) is 44.8 cm³/mol. The number of amides is 1. The first-order valence-electron chi connectivity index (χ1n) is 3.97. The average molecular weight is 173 g/mol. The van der Waals surface area contributed by atoms with Crippen LogP contribution in [0, 0.1) is 0 Å². The predicted octanol–water partition coefficient (Wildman–Crippen LogP) is 0.766. The Labute approximate surface area is 72.0 Å². The van der Waals surface area contributed by atoms with Crippen molar-refractivity contribution in [2.75, 3.05) is 0 Å². The molecule has 0 heterocycles. The van der Waals surface area contributed by atoms with Crippen molar-refractivity contribution < 1.29 is 14.7 Å². The van der Waals surface area contributed by atoms with E-state index in [1.807, 2.05) is 6.92 Å². The van der Waals surface area contributed by atoms with Gasteiger partial charge in [-0.3, -0.25) is 9.59 Å². The quantitative estimate of drug-likeness (QED) is 0.583. The third kappa shape index (κ3) is 3.95. The molecule has 0 aromatic heterocycles. The molecule has 4 nitrogen and oxygen atoms in total. The highest BCUT2D eigenvalue weighted by atomic mass is 16.4. The molecule has 0 fully saturated rings. The highest BCUT2D eigenvalue weighted by Crippen LogP contribution is 2.15. The van der Waals surface area contributed by atoms with Gasteiger partial charge in [0.05, 0.1) is 6.42 Å². The molecular weight excluding hydrogens is 158 g/mol. The molecule has 2 N–H and O–H groups in total. The maximum absolute atomic E-state index is 10.4. The van der Waals surface area contributed by atoms with Crippen LogP contribution in [-0.2, 0) is 9.59 Å². The van der Waals surface area contributed by atoms with Crippen LogP contribution in [0.15, 0.2) is 0 Å². The Morgan fingerprint density at radius 1 is 1.67 bits per heavy atom. The number of carbonyl (C=O) groups excluding carboxylic acids is 1. The summed E-state index contributed by atoms with van der Waals surface area (Å²) in [6.45, 7) is 3.69. The fourth-order valence-corrected chi connectivity index (χ4v) is 1.24. The molecule has 0 saturated carbocycles. The number of carbonyl (C=O) groups is 2. The molecule has 1 atom stereocenters. The number of hydrogen-bond donors (Lipinski definition) is 2. The molecule has 0 spiro atoms. The van der Waals surface area contributed by atoms with Crippen molar-refractivity contribution in [3.05, 3.63) is 0 Å². The molecular formula is C8H15NO3. The van der Waals surface area contributed by atoms with Gasteiger partial charge in [0.25, 0.3) is 0 Å². The van der Waals surface area contributed by atoms with Crippen LogP contribution in [-0.4, -0.2) is 23.0 Å². The second-order valence-corrected chi connectivity index (χ2v) is 3.14. The Morgan fingerprint density at radius 3 is 2.58 bits per heavy atom. The van der Waals surface area contributed by atoms with Crippen molar-refractivity contribution in [2.24, 2.45) is 0 Å². The Hall–Kier alpha value is -1.06. The molecule has 0 aliphatic heterocycles. The van der Waals surface area contributed by atoms with Crippen LogP contribution in [0.4, 0.5) is 0 Å². The van der Waals surface area contributed by atoms with Gasteiger partial charge in [-0.15, -0.1) is 0 Å². The first-order chi connectivity index (χ1) is 5.54. The third-order valence-corrected chi connectivity index (χ3v) is 1.75. The summed E-state index contributed by atoms with van der Waals surface area (Å²) in [6.07, 6.45) is 2.06. The van der Waals surface area contributed by atoms with Gasteiger partial charge in [-0.25, -0.2) is 0 Å². The fourth-order valence-electron chi connectivity index (χ4n) is 1.24. The van der Waals surface area contributed by atoms with Crippen molar-refractivity contribution in [2.45, 2.75) is 38.6 Å². The lowest BCUT2D eigenvalue weighted by Crippen LogP contribution is -2.43. The maximum Gasteiger partial charge on any atom is 0.305 e. The highest BCUT2D eigenvalue weighted by molar-refractivity contribution is 5.69. The third-order valence-electron chi connectivity index (χ3n) is 1.75. The minimum Gasteiger partial charge on any atom is -0.481 e. The monoisotopic (exact) mass is 173 g/mol. The fraction of sp³-hybridized carbons (Fsp3) is 0.750. The summed E-state index contributed by atoms with van der Waals surface area (Å²) >= 11 is 0. The van der Waals surface area contributed by atoms with E-state index in [0.29, 0.717) is 12.8 Å². The largest absolute Gasteiger partial charge is 0.481 e. The van der Waals surface area contributed by atoms with Gasteiger partial charge in [-0.05, 0) is 13.3 Å². The molecule has 70 valence electrons. The van der Waals surface area contributed by atoms with Gasteiger partial charge in [-0.1, -0.05) is 13.3 Å². The summed E-state index contributed by atoms with van der Waals surface area (Å²) in [5.41, 5.74) is -0.595. The molecule has 4 heteroatoms. The van der Waals surface area contributed by atoms with E-state index < -0.39 is 11.5 Å². The summed E-state index contributed by atoms with van der Waals surface area (Å²) in [5, 5.41) is 11.1. The summed E-state index contributed by atoms with van der Waals surface area (Å²) in [5.74, 6) is -0.889. The second kappa shape index (κ2) is 4.74. The molecule has 1 unspecified atom stereocenters. The van der Waals surface area contributed by atoms with E-state index in [2.05, 4.69) is 5.32 Å². The second-order valence-electron chi connectivity index (χ2n) is 3.14. The number of nitrogens with one attached hydrogen (secondary N) is 1. The Morgan fingerprint density at radius 2 is 2.25 bits per heavy atom. The summed E-state index contributed by atoms with van der Waals surface area (Å²) in [7, 11) is 0. The normalized spacial score (nSPS) is 14.8. The zero-order valence-electron chi connectivity index (χ0n) is 7.46. The Balaban J connectivity index is 4.15. The zero-order chi connectivity index (χ0) is 9.61. The van der Waals surface area contributed by atoms with Gasteiger partial charge >= 0.3 is 5.97 Å². The summed E-state index contributed by atoms with van der Waals surface area (Å²) < 4.78 is 0. The van der Waals surface area contributed by atoms with Crippen LogP contribution >= 0.6 is 0 Å². The lowest BCUT2D eigenvalue weighted by Gasteiger charge is -2.26. The Bertz CT molecular complexity index is 170. The summed E-state index contributed by atoms with van der Waals surface area (Å²) in [6, 6.07) is 0. The molecule has 12 heavy (non-hydrogen) atoms. The maximum atomic E-state index is 10.4. The zero-order valence-corrected chi connectivity index (χ0v) is 7.46. The smallest absolute Gasteiger partial charge is 0.305 e. The van der Waals surface area contributed by atoms with Crippen LogP contribution in [0.25, 0.3) is 0 Å². The van der Waals surface area contributed by atoms with E-state index >= 15 is 0 Å². The van der Waals surface area contributed by atoms with Crippen LogP contribution in [0.1, 0.15) is 33.1 Å². The van der Waals surface area contributed by atoms with E-state index in [-0.39, 0.29) is 6.42 Å². The Kier molecular flexibility index (Phi) is 4.33. The van der Waals surface area contributed by atoms with Gasteiger partial charge in [0.2, 0.25) is 6.41 Å². The lowest BCUT2D eigenvalue weighted by molar-refractivity contribution is -0.138. The van der Waals surface area contributed by atoms with Crippen molar-refractivity contribution in [1.29, 1.82) is 0 Å². The van der Waals surface area contributed by atoms with Gasteiger partial charge < -0.3 is 10.4 Å². The molecule has 0 aliphatic carbocycles. The molecule has 0 aromatic rings. The minimum absolute atomic E-state index is 0.0282. The number of carboxylic acid groups (broad SMARTS) is 1. The van der Waals surface area contributed by atoms with E-state index in [0.717, 1.165) is 6.42 Å². The summed E-state index contributed by atoms with van der Waals surface area (Å²) in [4.78, 5) is 20.6. The van der Waals surface area contributed by atoms with Crippen molar-refractivity contribution in [3.63, 3.8) is 0 Å². The van der Waals surface area contributed by atoms with E-state index in [9.17, 15) is 9.59 Å². The topological polar surface area (TPSA) is 66.4 Å². The van der Waals surface area contributed by atoms with Gasteiger partial charge in [0.15, 0.2) is 0 Å². The number of rotatable bonds is 6. The molecule has 0 radical (unpaired) electrons. The van der Waals surface area contributed by atoms with Crippen LogP contribution in [0.3, 0.4) is 0 Å². The van der Waals surface area contributed by atoms with Gasteiger partial charge in [0.1, 0.15) is 0 Å². The van der Waals surface area contributed by atoms with Crippen molar-refractivity contribution in [3.8, 4) is 0 Å². The van der Waals surface area contributed by atoms with Gasteiger partial charge in [0, 0.05) is 5.54 Å². The minimum atomic E-state index is -0.889. The molecule has 0 bridgehead atoms. The highest BCUT2D eigenvalue weighted by Gasteiger charge is 2.25. The van der Waals surface area contributed by atoms with E-state index in [1.54, 1.807) is 6.92 Å². The standard InChI is InChI=1S/C8H15NO3/c1-3-4-8(2,9-6-10)5-7(11)12/h6H,3-5H2,1-2H3,(H,9,10)(H,11,12).